The molecule has 0 saturated heterocycles. The summed E-state index contributed by atoms with van der Waals surface area (Å²) >= 11 is 0. The Morgan fingerprint density at radius 1 is 1.00 bits per heavy atom. The summed E-state index contributed by atoms with van der Waals surface area (Å²) < 4.78 is 0. The van der Waals surface area contributed by atoms with Gasteiger partial charge in [0.25, 0.3) is 0 Å². The van der Waals surface area contributed by atoms with E-state index in [0.29, 0.717) is 5.92 Å². The highest BCUT2D eigenvalue weighted by molar-refractivity contribution is 4.68. The fraction of sp³-hybridized carbons (Fsp3) is 1.00. The van der Waals surface area contributed by atoms with Crippen molar-refractivity contribution in [3.63, 3.8) is 0 Å². The largest absolute Gasteiger partial charge is 0.316 e. The summed E-state index contributed by atoms with van der Waals surface area (Å²) in [5, 5.41) is 0. The Morgan fingerprint density at radius 2 is 1.43 bits per heavy atom. The summed E-state index contributed by atoms with van der Waals surface area (Å²) in [5.41, 5.74) is 6.17. The second kappa shape index (κ2) is 8.25. The highest BCUT2D eigenvalue weighted by Crippen LogP contribution is 2.08. The van der Waals surface area contributed by atoms with Crippen molar-refractivity contribution in [3.05, 3.63) is 0 Å². The van der Waals surface area contributed by atoms with Gasteiger partial charge in [0.2, 0.25) is 0 Å². The van der Waals surface area contributed by atoms with Crippen LogP contribution >= 0.6 is 0 Å². The molecular weight excluding hydrogens is 172 g/mol. The van der Waals surface area contributed by atoms with Gasteiger partial charge in [-0.3, -0.25) is 4.90 Å². The molecule has 1 atom stereocenters. The summed E-state index contributed by atoms with van der Waals surface area (Å²) in [6.45, 7) is 11.2. The quantitative estimate of drug-likeness (QED) is 0.610. The van der Waals surface area contributed by atoms with Crippen molar-refractivity contribution in [2.24, 2.45) is 11.7 Å². The van der Waals surface area contributed by atoms with Gasteiger partial charge >= 0.3 is 0 Å². The number of nitrogens with zero attached hydrogens (tertiary/aromatic N) is 1. The minimum Gasteiger partial charge on any atom is -0.316 e. The van der Waals surface area contributed by atoms with Crippen LogP contribution in [0.2, 0.25) is 0 Å². The third kappa shape index (κ3) is 5.61. The van der Waals surface area contributed by atoms with Crippen molar-refractivity contribution in [2.45, 2.75) is 59.5 Å². The molecule has 0 saturated carbocycles. The topological polar surface area (TPSA) is 29.3 Å². The minimum absolute atomic E-state index is 0.244. The maximum Gasteiger partial charge on any atom is 0.0595 e. The van der Waals surface area contributed by atoms with Gasteiger partial charge < -0.3 is 5.73 Å². The summed E-state index contributed by atoms with van der Waals surface area (Å²) in [6, 6.07) is 0. The lowest BCUT2D eigenvalue weighted by molar-refractivity contribution is 0.154. The molecule has 0 amide bonds. The number of hydrogen-bond donors (Lipinski definition) is 1. The first-order valence-electron chi connectivity index (χ1n) is 6.13. The fourth-order valence-corrected chi connectivity index (χ4v) is 1.55. The molecule has 2 nitrogen and oxygen atoms in total. The predicted octanol–water partition coefficient (Wildman–Crippen LogP) is 2.83. The van der Waals surface area contributed by atoms with Crippen LogP contribution in [0.3, 0.4) is 0 Å². The predicted molar refractivity (Wildman–Crippen MR) is 64.2 cm³/mol. The number of nitrogens with two attached hydrogens (primary N) is 1. The molecule has 0 heterocycles. The zero-order valence-corrected chi connectivity index (χ0v) is 10.4. The van der Waals surface area contributed by atoms with Gasteiger partial charge in [0, 0.05) is 0 Å². The molecule has 14 heavy (non-hydrogen) atoms. The minimum atomic E-state index is 0.244. The van der Waals surface area contributed by atoms with E-state index in [4.69, 9.17) is 5.73 Å². The van der Waals surface area contributed by atoms with E-state index in [1.165, 1.54) is 25.7 Å². The molecule has 0 spiro atoms. The Hall–Kier alpha value is -0.0800. The van der Waals surface area contributed by atoms with Gasteiger partial charge in [0.1, 0.15) is 0 Å². The maximum absolute atomic E-state index is 6.17. The Morgan fingerprint density at radius 3 is 1.71 bits per heavy atom. The zero-order valence-electron chi connectivity index (χ0n) is 10.4. The van der Waals surface area contributed by atoms with Gasteiger partial charge in [-0.25, -0.2) is 0 Å². The van der Waals surface area contributed by atoms with Gasteiger partial charge in [0.05, 0.1) is 6.17 Å². The van der Waals surface area contributed by atoms with Crippen LogP contribution in [0.25, 0.3) is 0 Å². The SMILES string of the molecule is CCCCN(CCCC)C(N)C(C)C. The Labute approximate surface area is 89.9 Å². The van der Waals surface area contributed by atoms with E-state index in [0.717, 1.165) is 13.1 Å². The Bertz CT molecular complexity index is 115. The number of rotatable bonds is 8. The fourth-order valence-electron chi connectivity index (χ4n) is 1.55. The molecular formula is C12H28N2. The van der Waals surface area contributed by atoms with Crippen molar-refractivity contribution in [2.75, 3.05) is 13.1 Å². The van der Waals surface area contributed by atoms with E-state index in [-0.39, 0.29) is 6.17 Å². The van der Waals surface area contributed by atoms with Crippen molar-refractivity contribution in [1.82, 2.24) is 4.90 Å². The zero-order chi connectivity index (χ0) is 11.0. The van der Waals surface area contributed by atoms with Crippen LogP contribution < -0.4 is 5.73 Å². The summed E-state index contributed by atoms with van der Waals surface area (Å²) in [7, 11) is 0. The standard InChI is InChI=1S/C12H28N2/c1-5-7-9-14(10-8-6-2)12(13)11(3)4/h11-12H,5-10,13H2,1-4H3. The summed E-state index contributed by atoms with van der Waals surface area (Å²) in [6.07, 6.45) is 5.29. The lowest BCUT2D eigenvalue weighted by Crippen LogP contribution is -2.46. The third-order valence-electron chi connectivity index (χ3n) is 2.70. The molecule has 0 aromatic rings. The molecule has 2 heteroatoms. The molecule has 0 aromatic heterocycles. The van der Waals surface area contributed by atoms with Crippen LogP contribution in [0.1, 0.15) is 53.4 Å². The van der Waals surface area contributed by atoms with Gasteiger partial charge in [-0.05, 0) is 31.8 Å². The molecule has 86 valence electrons. The van der Waals surface area contributed by atoms with Crippen LogP contribution in [-0.4, -0.2) is 24.2 Å². The van der Waals surface area contributed by atoms with E-state index in [1.807, 2.05) is 0 Å². The summed E-state index contributed by atoms with van der Waals surface area (Å²) in [4.78, 5) is 2.44. The van der Waals surface area contributed by atoms with Gasteiger partial charge in [-0.2, -0.15) is 0 Å². The molecule has 0 bridgehead atoms. The van der Waals surface area contributed by atoms with Crippen LogP contribution in [0.15, 0.2) is 0 Å². The lowest BCUT2D eigenvalue weighted by atomic mass is 10.1. The highest BCUT2D eigenvalue weighted by Gasteiger charge is 2.15. The number of unbranched alkanes of at least 4 members (excludes halogenated alkanes) is 2. The Kier molecular flexibility index (Phi) is 8.20. The molecule has 1 unspecified atom stereocenters. The van der Waals surface area contributed by atoms with E-state index >= 15 is 0 Å². The van der Waals surface area contributed by atoms with Gasteiger partial charge in [-0.15, -0.1) is 0 Å². The molecule has 0 rings (SSSR count). The van der Waals surface area contributed by atoms with Crippen LogP contribution in [0.5, 0.6) is 0 Å². The van der Waals surface area contributed by atoms with E-state index < -0.39 is 0 Å². The molecule has 0 aliphatic carbocycles. The third-order valence-corrected chi connectivity index (χ3v) is 2.70. The number of hydrogen-bond acceptors (Lipinski definition) is 2. The maximum atomic E-state index is 6.17. The van der Waals surface area contributed by atoms with Crippen molar-refractivity contribution in [1.29, 1.82) is 0 Å². The van der Waals surface area contributed by atoms with E-state index in [1.54, 1.807) is 0 Å². The first kappa shape index (κ1) is 13.9. The van der Waals surface area contributed by atoms with E-state index in [9.17, 15) is 0 Å². The van der Waals surface area contributed by atoms with Gasteiger partial charge in [0.15, 0.2) is 0 Å². The molecule has 2 N–H and O–H groups in total. The van der Waals surface area contributed by atoms with Crippen LogP contribution in [0, 0.1) is 5.92 Å². The average molecular weight is 200 g/mol. The van der Waals surface area contributed by atoms with Gasteiger partial charge in [-0.1, -0.05) is 40.5 Å². The van der Waals surface area contributed by atoms with E-state index in [2.05, 4.69) is 32.6 Å². The van der Waals surface area contributed by atoms with Crippen LogP contribution in [-0.2, 0) is 0 Å². The normalized spacial score (nSPS) is 13.9. The summed E-state index contributed by atoms with van der Waals surface area (Å²) in [5.74, 6) is 0.559. The Balaban J connectivity index is 3.94. The average Bonchev–Trinajstić information content (AvgIpc) is 2.17. The second-order valence-electron chi connectivity index (χ2n) is 4.48. The van der Waals surface area contributed by atoms with Crippen LogP contribution in [0.4, 0.5) is 0 Å². The monoisotopic (exact) mass is 200 g/mol. The molecule has 0 radical (unpaired) electrons. The molecule has 0 aromatic carbocycles. The molecule has 0 aliphatic rings. The molecule has 0 fully saturated rings. The second-order valence-corrected chi connectivity index (χ2v) is 4.48. The highest BCUT2D eigenvalue weighted by atomic mass is 15.2. The first-order chi connectivity index (χ1) is 6.63. The van der Waals surface area contributed by atoms with Crippen molar-refractivity contribution >= 4 is 0 Å². The van der Waals surface area contributed by atoms with Crippen molar-refractivity contribution in [3.8, 4) is 0 Å². The lowest BCUT2D eigenvalue weighted by Gasteiger charge is -2.31. The molecule has 0 aliphatic heterocycles. The smallest absolute Gasteiger partial charge is 0.0595 e. The van der Waals surface area contributed by atoms with Crippen molar-refractivity contribution < 1.29 is 0 Å². The first-order valence-corrected chi connectivity index (χ1v) is 6.13.